The van der Waals surface area contributed by atoms with Crippen LogP contribution in [0.4, 0.5) is 14.5 Å². The summed E-state index contributed by atoms with van der Waals surface area (Å²) >= 11 is 0. The van der Waals surface area contributed by atoms with E-state index in [9.17, 15) is 17.2 Å². The van der Waals surface area contributed by atoms with Crippen LogP contribution in [0, 0.1) is 24.0 Å². The molecule has 0 aliphatic heterocycles. The van der Waals surface area contributed by atoms with Crippen LogP contribution in [0.15, 0.2) is 17.0 Å². The van der Waals surface area contributed by atoms with Crippen molar-refractivity contribution in [3.63, 3.8) is 0 Å². The average Bonchev–Trinajstić information content (AvgIpc) is 2.32. The monoisotopic (exact) mass is 288 g/mol. The summed E-state index contributed by atoms with van der Waals surface area (Å²) < 4.78 is 52.8. The fourth-order valence-electron chi connectivity index (χ4n) is 1.47. The maximum absolute atomic E-state index is 13.5. The predicted octanol–water partition coefficient (Wildman–Crippen LogP) is 1.63. The van der Waals surface area contributed by atoms with Crippen LogP contribution < -0.4 is 10.5 Å². The lowest BCUT2D eigenvalue weighted by atomic mass is 10.2. The number of hydrogen-bond acceptors (Lipinski definition) is 3. The number of terminal acetylenes is 1. The summed E-state index contributed by atoms with van der Waals surface area (Å²) in [6.45, 7) is 1.72. The maximum atomic E-state index is 13.5. The van der Waals surface area contributed by atoms with Crippen LogP contribution in [0.1, 0.15) is 19.8 Å². The zero-order chi connectivity index (χ0) is 14.6. The number of halogens is 2. The van der Waals surface area contributed by atoms with E-state index in [-0.39, 0.29) is 12.1 Å². The van der Waals surface area contributed by atoms with Crippen molar-refractivity contribution in [2.75, 3.05) is 5.73 Å². The minimum atomic E-state index is -4.21. The third kappa shape index (κ3) is 3.66. The van der Waals surface area contributed by atoms with Crippen LogP contribution >= 0.6 is 0 Å². The van der Waals surface area contributed by atoms with Crippen LogP contribution in [0.25, 0.3) is 0 Å². The fourth-order valence-corrected chi connectivity index (χ4v) is 2.91. The smallest absolute Gasteiger partial charge is 0.243 e. The van der Waals surface area contributed by atoms with Crippen molar-refractivity contribution in [2.45, 2.75) is 30.7 Å². The van der Waals surface area contributed by atoms with Gasteiger partial charge in [0.2, 0.25) is 10.0 Å². The lowest BCUT2D eigenvalue weighted by Crippen LogP contribution is -2.34. The third-order valence-electron chi connectivity index (χ3n) is 2.49. The van der Waals surface area contributed by atoms with Crippen LogP contribution in [0.2, 0.25) is 0 Å². The first-order valence-electron chi connectivity index (χ1n) is 5.52. The summed E-state index contributed by atoms with van der Waals surface area (Å²) in [7, 11) is -4.21. The summed E-state index contributed by atoms with van der Waals surface area (Å²) in [5.41, 5.74) is 5.14. The highest BCUT2D eigenvalue weighted by atomic mass is 32.2. The lowest BCUT2D eigenvalue weighted by molar-refractivity contribution is 0.480. The van der Waals surface area contributed by atoms with Crippen LogP contribution in [-0.4, -0.2) is 14.5 Å². The van der Waals surface area contributed by atoms with E-state index < -0.39 is 32.6 Å². The lowest BCUT2D eigenvalue weighted by Gasteiger charge is -2.15. The van der Waals surface area contributed by atoms with Gasteiger partial charge in [-0.1, -0.05) is 6.92 Å². The van der Waals surface area contributed by atoms with Crippen molar-refractivity contribution in [3.8, 4) is 12.3 Å². The van der Waals surface area contributed by atoms with Gasteiger partial charge in [-0.15, -0.1) is 12.3 Å². The van der Waals surface area contributed by atoms with Gasteiger partial charge < -0.3 is 5.73 Å². The quantitative estimate of drug-likeness (QED) is 0.639. The molecule has 0 aliphatic carbocycles. The molecule has 104 valence electrons. The minimum absolute atomic E-state index is 0.155. The molecule has 0 heterocycles. The Kier molecular flexibility index (Phi) is 4.86. The number of hydrogen-bond donors (Lipinski definition) is 2. The van der Waals surface area contributed by atoms with Gasteiger partial charge in [-0.3, -0.25) is 0 Å². The molecular formula is C12H14F2N2O2S. The summed E-state index contributed by atoms with van der Waals surface area (Å²) in [5, 5.41) is 0. The molecule has 3 N–H and O–H groups in total. The average molecular weight is 288 g/mol. The summed E-state index contributed by atoms with van der Waals surface area (Å²) in [5.74, 6) is -0.465. The first-order valence-corrected chi connectivity index (χ1v) is 7.00. The molecule has 1 aromatic carbocycles. The Bertz CT molecular complexity index is 609. The van der Waals surface area contributed by atoms with Gasteiger partial charge in [0.05, 0.1) is 0 Å². The molecule has 0 spiro atoms. The molecule has 0 aliphatic rings. The van der Waals surface area contributed by atoms with E-state index in [1.807, 2.05) is 0 Å². The Hall–Kier alpha value is -1.65. The van der Waals surface area contributed by atoms with Crippen LogP contribution in [0.5, 0.6) is 0 Å². The molecule has 0 saturated heterocycles. The summed E-state index contributed by atoms with van der Waals surface area (Å²) in [6.07, 6.45) is 5.68. The summed E-state index contributed by atoms with van der Waals surface area (Å²) in [4.78, 5) is -0.819. The van der Waals surface area contributed by atoms with Crippen molar-refractivity contribution in [3.05, 3.63) is 23.8 Å². The first kappa shape index (κ1) is 15.4. The molecule has 1 rings (SSSR count). The van der Waals surface area contributed by atoms with Crippen molar-refractivity contribution in [1.82, 2.24) is 4.72 Å². The molecule has 0 amide bonds. The van der Waals surface area contributed by atoms with Crippen LogP contribution in [0.3, 0.4) is 0 Å². The molecule has 1 aromatic rings. The van der Waals surface area contributed by atoms with E-state index in [1.165, 1.54) is 0 Å². The van der Waals surface area contributed by atoms with Gasteiger partial charge in [0.25, 0.3) is 0 Å². The highest BCUT2D eigenvalue weighted by molar-refractivity contribution is 7.89. The molecule has 1 atom stereocenters. The molecule has 4 nitrogen and oxygen atoms in total. The molecule has 0 aromatic heterocycles. The Morgan fingerprint density at radius 3 is 2.63 bits per heavy atom. The van der Waals surface area contributed by atoms with E-state index in [0.717, 1.165) is 6.07 Å². The van der Waals surface area contributed by atoms with E-state index in [1.54, 1.807) is 6.92 Å². The molecule has 19 heavy (non-hydrogen) atoms. The van der Waals surface area contributed by atoms with Crippen molar-refractivity contribution in [1.29, 1.82) is 0 Å². The second-order valence-electron chi connectivity index (χ2n) is 3.95. The largest absolute Gasteiger partial charge is 0.399 e. The molecule has 7 heteroatoms. The van der Waals surface area contributed by atoms with Gasteiger partial charge >= 0.3 is 0 Å². The third-order valence-corrected chi connectivity index (χ3v) is 4.01. The van der Waals surface area contributed by atoms with Gasteiger partial charge in [-0.25, -0.2) is 21.9 Å². The molecule has 1 unspecified atom stereocenters. The Morgan fingerprint density at radius 2 is 2.11 bits per heavy atom. The van der Waals surface area contributed by atoms with E-state index in [0.29, 0.717) is 12.5 Å². The van der Waals surface area contributed by atoms with Crippen LogP contribution in [-0.2, 0) is 10.0 Å². The molecule has 0 saturated carbocycles. The Morgan fingerprint density at radius 1 is 1.47 bits per heavy atom. The Balaban J connectivity index is 3.18. The highest BCUT2D eigenvalue weighted by Crippen LogP contribution is 2.21. The zero-order valence-corrected chi connectivity index (χ0v) is 11.1. The van der Waals surface area contributed by atoms with Crippen molar-refractivity contribution in [2.24, 2.45) is 0 Å². The Labute approximate surface area is 111 Å². The minimum Gasteiger partial charge on any atom is -0.399 e. The molecule has 0 radical (unpaired) electrons. The number of anilines is 1. The SMILES string of the molecule is C#CCC(CC)NS(=O)(=O)c1cc(N)cc(F)c1F. The second-order valence-corrected chi connectivity index (χ2v) is 5.63. The normalized spacial score (nSPS) is 12.9. The molecule has 0 bridgehead atoms. The molecular weight excluding hydrogens is 274 g/mol. The number of benzene rings is 1. The number of nitrogen functional groups attached to an aromatic ring is 1. The molecule has 0 fully saturated rings. The van der Waals surface area contributed by atoms with Gasteiger partial charge in [0.15, 0.2) is 11.6 Å². The zero-order valence-electron chi connectivity index (χ0n) is 10.3. The van der Waals surface area contributed by atoms with E-state index in [2.05, 4.69) is 10.6 Å². The first-order chi connectivity index (χ1) is 8.81. The van der Waals surface area contributed by atoms with E-state index in [4.69, 9.17) is 12.2 Å². The topological polar surface area (TPSA) is 72.2 Å². The van der Waals surface area contributed by atoms with Crippen molar-refractivity contribution >= 4 is 15.7 Å². The second kappa shape index (κ2) is 5.99. The van der Waals surface area contributed by atoms with Crippen molar-refractivity contribution < 1.29 is 17.2 Å². The summed E-state index contributed by atoms with van der Waals surface area (Å²) in [6, 6.07) is 1.04. The maximum Gasteiger partial charge on any atom is 0.243 e. The van der Waals surface area contributed by atoms with Gasteiger partial charge in [-0.2, -0.15) is 0 Å². The van der Waals surface area contributed by atoms with Gasteiger partial charge in [0, 0.05) is 18.2 Å². The number of sulfonamides is 1. The number of nitrogens with two attached hydrogens (primary N) is 1. The fraction of sp³-hybridized carbons (Fsp3) is 0.333. The van der Waals surface area contributed by atoms with E-state index >= 15 is 0 Å². The van der Waals surface area contributed by atoms with Gasteiger partial charge in [-0.05, 0) is 18.6 Å². The highest BCUT2D eigenvalue weighted by Gasteiger charge is 2.24. The number of nitrogens with one attached hydrogen (secondary N) is 1. The standard InChI is InChI=1S/C12H14F2N2O2S/c1-3-5-9(4-2)16-19(17,18)11-7-8(15)6-10(13)12(11)14/h1,6-7,9,16H,4-5,15H2,2H3. The predicted molar refractivity (Wildman–Crippen MR) is 68.6 cm³/mol. The van der Waals surface area contributed by atoms with Gasteiger partial charge in [0.1, 0.15) is 4.90 Å². The number of rotatable bonds is 5.